The lowest BCUT2D eigenvalue weighted by Crippen LogP contribution is -2.34. The van der Waals surface area contributed by atoms with Crippen LogP contribution in [0, 0.1) is 0 Å². The molecule has 1 aromatic carbocycles. The van der Waals surface area contributed by atoms with Gasteiger partial charge in [0.25, 0.3) is 0 Å². The van der Waals surface area contributed by atoms with Gasteiger partial charge in [-0.15, -0.1) is 0 Å². The van der Waals surface area contributed by atoms with E-state index in [-0.39, 0.29) is 6.42 Å². The summed E-state index contributed by atoms with van der Waals surface area (Å²) in [6.45, 7) is 3.29. The maximum atomic E-state index is 13.0. The van der Waals surface area contributed by atoms with Crippen molar-refractivity contribution in [2.75, 3.05) is 0 Å². The van der Waals surface area contributed by atoms with Crippen LogP contribution in [0.25, 0.3) is 0 Å². The van der Waals surface area contributed by atoms with Crippen LogP contribution in [0.3, 0.4) is 0 Å². The van der Waals surface area contributed by atoms with Crippen molar-refractivity contribution >= 4 is 0 Å². The van der Waals surface area contributed by atoms with Gasteiger partial charge in [-0.25, -0.2) is 0 Å². The molecule has 0 fully saturated rings. The third-order valence-electron chi connectivity index (χ3n) is 3.24. The first-order valence-electron chi connectivity index (χ1n) is 5.63. The van der Waals surface area contributed by atoms with Gasteiger partial charge < -0.3 is 0 Å². The summed E-state index contributed by atoms with van der Waals surface area (Å²) in [6.07, 6.45) is 2.61. The fourth-order valence-corrected chi connectivity index (χ4v) is 2.22. The average molecular weight is 250 g/mol. The zero-order valence-corrected chi connectivity index (χ0v) is 9.74. The molecule has 3 heteroatoms. The van der Waals surface area contributed by atoms with Gasteiger partial charge >= 0.3 is 6.18 Å². The molecule has 0 radical (unpaired) electrons. The van der Waals surface area contributed by atoms with Crippen molar-refractivity contribution in [3.05, 3.63) is 72.4 Å². The molecule has 0 heterocycles. The Balaban J connectivity index is 2.53. The van der Waals surface area contributed by atoms with Crippen LogP contribution in [0.1, 0.15) is 12.0 Å². The van der Waals surface area contributed by atoms with E-state index in [9.17, 15) is 13.2 Å². The Labute approximate surface area is 104 Å². The molecular weight excluding hydrogens is 237 g/mol. The summed E-state index contributed by atoms with van der Waals surface area (Å²) in [5.74, 6) is 0. The van der Waals surface area contributed by atoms with Gasteiger partial charge in [-0.2, -0.15) is 13.2 Å². The fourth-order valence-electron chi connectivity index (χ4n) is 2.22. The third-order valence-corrected chi connectivity index (χ3v) is 3.24. The zero-order chi connectivity index (χ0) is 13.2. The summed E-state index contributed by atoms with van der Waals surface area (Å²) in [6, 6.07) is 8.69. The summed E-state index contributed by atoms with van der Waals surface area (Å²) < 4.78 is 39.0. The Kier molecular flexibility index (Phi) is 3.16. The lowest BCUT2D eigenvalue weighted by atomic mass is 9.70. The normalized spacial score (nSPS) is 23.1. The minimum atomic E-state index is -4.40. The topological polar surface area (TPSA) is 0 Å². The number of rotatable bonds is 2. The first-order chi connectivity index (χ1) is 8.47. The van der Waals surface area contributed by atoms with Crippen LogP contribution in [0.4, 0.5) is 13.2 Å². The summed E-state index contributed by atoms with van der Waals surface area (Å²) >= 11 is 0. The maximum absolute atomic E-state index is 13.0. The average Bonchev–Trinajstić information content (AvgIpc) is 2.39. The highest BCUT2D eigenvalue weighted by atomic mass is 19.4. The van der Waals surface area contributed by atoms with E-state index in [2.05, 4.69) is 6.58 Å². The van der Waals surface area contributed by atoms with Gasteiger partial charge in [0, 0.05) is 11.0 Å². The molecule has 0 aromatic heterocycles. The van der Waals surface area contributed by atoms with Crippen LogP contribution in [-0.2, 0) is 5.41 Å². The third kappa shape index (κ3) is 2.13. The number of alkyl halides is 3. The lowest BCUT2D eigenvalue weighted by Gasteiger charge is -2.35. The van der Waals surface area contributed by atoms with Crippen molar-refractivity contribution in [1.29, 1.82) is 0 Å². The first-order valence-corrected chi connectivity index (χ1v) is 5.63. The molecule has 0 N–H and O–H groups in total. The van der Waals surface area contributed by atoms with E-state index in [0.717, 1.165) is 0 Å². The van der Waals surface area contributed by atoms with Crippen LogP contribution < -0.4 is 0 Å². The standard InChI is InChI=1S/C15H13F3/c1-12(15(16,17)18)14(10-6-3-7-11-14)13-8-4-2-5-9-13/h2-10H,1,11H2. The van der Waals surface area contributed by atoms with Gasteiger partial charge in [0.2, 0.25) is 0 Å². The van der Waals surface area contributed by atoms with Gasteiger partial charge in [-0.1, -0.05) is 61.2 Å². The van der Waals surface area contributed by atoms with E-state index >= 15 is 0 Å². The Morgan fingerprint density at radius 2 is 1.78 bits per heavy atom. The van der Waals surface area contributed by atoms with Gasteiger partial charge in [-0.3, -0.25) is 0 Å². The van der Waals surface area contributed by atoms with Crippen molar-refractivity contribution in [1.82, 2.24) is 0 Å². The molecule has 0 saturated carbocycles. The Bertz CT molecular complexity index is 494. The van der Waals surface area contributed by atoms with Crippen LogP contribution in [0.2, 0.25) is 0 Å². The van der Waals surface area contributed by atoms with E-state index in [1.807, 2.05) is 0 Å². The van der Waals surface area contributed by atoms with Gasteiger partial charge in [0.05, 0.1) is 0 Å². The van der Waals surface area contributed by atoms with Gasteiger partial charge in [-0.05, 0) is 12.0 Å². The molecule has 1 atom stereocenters. The van der Waals surface area contributed by atoms with Gasteiger partial charge in [0.15, 0.2) is 0 Å². The number of benzene rings is 1. The summed E-state index contributed by atoms with van der Waals surface area (Å²) in [5.41, 5.74) is -1.27. The predicted molar refractivity (Wildman–Crippen MR) is 66.2 cm³/mol. The molecule has 1 aromatic rings. The number of hydrogen-bond acceptors (Lipinski definition) is 0. The van der Waals surface area contributed by atoms with Crippen molar-refractivity contribution < 1.29 is 13.2 Å². The molecule has 1 unspecified atom stereocenters. The smallest absolute Gasteiger partial charge is 0.166 e. The molecule has 0 spiro atoms. The fraction of sp³-hybridized carbons (Fsp3) is 0.200. The Hall–Kier alpha value is -1.77. The Morgan fingerprint density at radius 1 is 1.11 bits per heavy atom. The highest BCUT2D eigenvalue weighted by molar-refractivity contribution is 5.46. The monoisotopic (exact) mass is 250 g/mol. The quantitative estimate of drug-likeness (QED) is 0.675. The second-order valence-corrected chi connectivity index (χ2v) is 4.31. The summed E-state index contributed by atoms with van der Waals surface area (Å²) in [4.78, 5) is 0. The van der Waals surface area contributed by atoms with E-state index in [1.54, 1.807) is 54.6 Å². The minimum Gasteiger partial charge on any atom is -0.166 e. The van der Waals surface area contributed by atoms with Crippen LogP contribution in [-0.4, -0.2) is 6.18 Å². The SMILES string of the molecule is C=C(C(F)(F)F)C1(c2ccccc2)C=CC=CC1. The van der Waals surface area contributed by atoms with E-state index in [0.29, 0.717) is 5.56 Å². The number of halogens is 3. The summed E-state index contributed by atoms with van der Waals surface area (Å²) in [7, 11) is 0. The molecular formula is C15H13F3. The van der Waals surface area contributed by atoms with E-state index < -0.39 is 17.2 Å². The second kappa shape index (κ2) is 4.48. The largest absolute Gasteiger partial charge is 0.413 e. The van der Waals surface area contributed by atoms with Gasteiger partial charge in [0.1, 0.15) is 0 Å². The van der Waals surface area contributed by atoms with Crippen molar-refractivity contribution in [3.63, 3.8) is 0 Å². The zero-order valence-electron chi connectivity index (χ0n) is 9.74. The number of allylic oxidation sites excluding steroid dienone is 5. The van der Waals surface area contributed by atoms with Crippen molar-refractivity contribution in [2.45, 2.75) is 18.0 Å². The summed E-state index contributed by atoms with van der Waals surface area (Å²) in [5, 5.41) is 0. The maximum Gasteiger partial charge on any atom is 0.413 e. The molecule has 0 aliphatic heterocycles. The molecule has 2 rings (SSSR count). The van der Waals surface area contributed by atoms with E-state index in [1.165, 1.54) is 0 Å². The minimum absolute atomic E-state index is 0.284. The highest BCUT2D eigenvalue weighted by Crippen LogP contribution is 2.45. The molecule has 18 heavy (non-hydrogen) atoms. The van der Waals surface area contributed by atoms with Crippen molar-refractivity contribution in [2.24, 2.45) is 0 Å². The predicted octanol–water partition coefficient (Wildman–Crippen LogP) is 4.56. The first kappa shape index (κ1) is 12.7. The van der Waals surface area contributed by atoms with E-state index in [4.69, 9.17) is 0 Å². The highest BCUT2D eigenvalue weighted by Gasteiger charge is 2.46. The van der Waals surface area contributed by atoms with Crippen LogP contribution in [0.15, 0.2) is 66.8 Å². The number of hydrogen-bond donors (Lipinski definition) is 0. The second-order valence-electron chi connectivity index (χ2n) is 4.31. The van der Waals surface area contributed by atoms with Crippen molar-refractivity contribution in [3.8, 4) is 0 Å². The molecule has 1 aliphatic carbocycles. The lowest BCUT2D eigenvalue weighted by molar-refractivity contribution is -0.0987. The molecule has 0 saturated heterocycles. The molecule has 94 valence electrons. The molecule has 1 aliphatic rings. The van der Waals surface area contributed by atoms with Crippen LogP contribution >= 0.6 is 0 Å². The molecule has 0 nitrogen and oxygen atoms in total. The van der Waals surface area contributed by atoms with Crippen LogP contribution in [0.5, 0.6) is 0 Å². The molecule has 0 bridgehead atoms. The Morgan fingerprint density at radius 3 is 2.28 bits per heavy atom. The molecule has 0 amide bonds.